The average molecular weight is 400 g/mol. The van der Waals surface area contributed by atoms with Crippen LogP contribution >= 0.6 is 12.4 Å². The van der Waals surface area contributed by atoms with Crippen LogP contribution in [0.3, 0.4) is 0 Å². The van der Waals surface area contributed by atoms with Crippen molar-refractivity contribution in [2.75, 3.05) is 12.3 Å². The number of hydrogen-bond donors (Lipinski definition) is 2. The second-order valence-corrected chi connectivity index (χ2v) is 8.02. The van der Waals surface area contributed by atoms with Crippen molar-refractivity contribution in [3.8, 4) is 0 Å². The Bertz CT molecular complexity index is 811. The van der Waals surface area contributed by atoms with Crippen molar-refractivity contribution < 1.29 is 17.4 Å². The second-order valence-electron chi connectivity index (χ2n) is 6.53. The van der Waals surface area contributed by atoms with E-state index in [-0.39, 0.29) is 24.3 Å². The van der Waals surface area contributed by atoms with Gasteiger partial charge in [-0.3, -0.25) is 4.55 Å². The van der Waals surface area contributed by atoms with Crippen molar-refractivity contribution in [3.05, 3.63) is 71.5 Å². The molecule has 0 spiro atoms. The van der Waals surface area contributed by atoms with Crippen LogP contribution in [0.15, 0.2) is 54.6 Å². The molecule has 26 heavy (non-hydrogen) atoms. The molecule has 0 aromatic heterocycles. The van der Waals surface area contributed by atoms with Crippen LogP contribution in [0.25, 0.3) is 0 Å². The first-order valence-corrected chi connectivity index (χ1v) is 10.0. The van der Waals surface area contributed by atoms with Crippen LogP contribution in [0.2, 0.25) is 0 Å². The largest absolute Gasteiger partial charge is 0.314 e. The van der Waals surface area contributed by atoms with E-state index in [2.05, 4.69) is 5.32 Å². The summed E-state index contributed by atoms with van der Waals surface area (Å²) in [7, 11) is -4.20. The van der Waals surface area contributed by atoms with E-state index >= 15 is 0 Å². The Balaban J connectivity index is 0.00000243. The molecule has 0 aliphatic carbocycles. The van der Waals surface area contributed by atoms with Gasteiger partial charge in [-0.1, -0.05) is 48.5 Å². The van der Waals surface area contributed by atoms with E-state index in [1.807, 2.05) is 30.3 Å². The molecule has 2 aromatic rings. The molecule has 0 radical (unpaired) electrons. The van der Waals surface area contributed by atoms with E-state index in [0.29, 0.717) is 5.56 Å². The molecule has 2 N–H and O–H groups in total. The molecule has 4 nitrogen and oxygen atoms in total. The zero-order chi connectivity index (χ0) is 17.9. The van der Waals surface area contributed by atoms with E-state index in [1.165, 1.54) is 6.07 Å². The van der Waals surface area contributed by atoms with E-state index < -0.39 is 27.7 Å². The molecule has 2 aromatic carbocycles. The molecule has 7 heteroatoms. The molecule has 142 valence electrons. The van der Waals surface area contributed by atoms with Gasteiger partial charge in [0.05, 0.1) is 5.75 Å². The predicted molar refractivity (Wildman–Crippen MR) is 103 cm³/mol. The van der Waals surface area contributed by atoms with E-state index in [9.17, 15) is 17.4 Å². The van der Waals surface area contributed by atoms with Crippen LogP contribution < -0.4 is 5.32 Å². The first kappa shape index (κ1) is 20.8. The summed E-state index contributed by atoms with van der Waals surface area (Å²) in [5, 5.41) is 3.32. The molecule has 0 amide bonds. The predicted octanol–water partition coefficient (Wildman–Crippen LogP) is 3.64. The Kier molecular flexibility index (Phi) is 7.17. The van der Waals surface area contributed by atoms with Gasteiger partial charge in [-0.2, -0.15) is 8.42 Å². The Morgan fingerprint density at radius 2 is 1.77 bits per heavy atom. The number of benzene rings is 2. The van der Waals surface area contributed by atoms with Crippen LogP contribution in [-0.2, 0) is 10.1 Å². The standard InChI is InChI=1S/C19H22FNO3S.ClH/c20-17-10-5-4-9-15(17)19(14-7-2-1-3-8-14)16(13-25(22,23)24)18-11-6-12-21-18;/h1-5,7-10,16,18-19,21H,6,11-13H2,(H,22,23,24);1H/t16-,18+,19+;/m0./s1. The molecule has 1 aliphatic heterocycles. The first-order chi connectivity index (χ1) is 12.0. The summed E-state index contributed by atoms with van der Waals surface area (Å²) >= 11 is 0. The fourth-order valence-corrected chi connectivity index (χ4v) is 4.72. The molecular formula is C19H23ClFNO3S. The van der Waals surface area contributed by atoms with E-state index in [1.54, 1.807) is 18.2 Å². The Morgan fingerprint density at radius 1 is 1.12 bits per heavy atom. The number of hydrogen-bond acceptors (Lipinski definition) is 3. The SMILES string of the molecule is Cl.O=S(=O)(O)C[C@H]([C@H](c1ccccc1)c1ccccc1F)[C@H]1CCCN1. The fourth-order valence-electron chi connectivity index (χ4n) is 3.81. The minimum atomic E-state index is -4.20. The molecule has 1 aliphatic rings. The molecule has 0 saturated carbocycles. The number of halogens is 2. The van der Waals surface area contributed by atoms with Crippen molar-refractivity contribution >= 4 is 22.5 Å². The molecule has 3 atom stereocenters. The molecule has 3 rings (SSSR count). The lowest BCUT2D eigenvalue weighted by Gasteiger charge is -2.32. The summed E-state index contributed by atoms with van der Waals surface area (Å²) in [6, 6.07) is 15.7. The summed E-state index contributed by atoms with van der Waals surface area (Å²) in [5.74, 6) is -1.69. The van der Waals surface area contributed by atoms with E-state index in [4.69, 9.17) is 0 Å². The van der Waals surface area contributed by atoms with Crippen molar-refractivity contribution in [1.82, 2.24) is 5.32 Å². The van der Waals surface area contributed by atoms with Gasteiger partial charge in [0, 0.05) is 17.9 Å². The molecule has 1 fully saturated rings. The lowest BCUT2D eigenvalue weighted by Crippen LogP contribution is -2.39. The fraction of sp³-hybridized carbons (Fsp3) is 0.368. The highest BCUT2D eigenvalue weighted by molar-refractivity contribution is 7.85. The van der Waals surface area contributed by atoms with Gasteiger partial charge in [-0.25, -0.2) is 4.39 Å². The smallest absolute Gasteiger partial charge is 0.265 e. The van der Waals surface area contributed by atoms with Crippen molar-refractivity contribution in [3.63, 3.8) is 0 Å². The zero-order valence-electron chi connectivity index (χ0n) is 14.2. The third kappa shape index (κ3) is 5.04. The van der Waals surface area contributed by atoms with Crippen LogP contribution in [0.4, 0.5) is 4.39 Å². The highest BCUT2D eigenvalue weighted by atomic mass is 35.5. The lowest BCUT2D eigenvalue weighted by molar-refractivity contribution is 0.364. The van der Waals surface area contributed by atoms with Crippen LogP contribution in [0, 0.1) is 11.7 Å². The first-order valence-electron chi connectivity index (χ1n) is 8.43. The van der Waals surface area contributed by atoms with Gasteiger partial charge in [0.25, 0.3) is 10.1 Å². The highest BCUT2D eigenvalue weighted by Crippen LogP contribution is 2.38. The molecule has 0 unspecified atom stereocenters. The molecular weight excluding hydrogens is 377 g/mol. The Morgan fingerprint density at radius 3 is 2.35 bits per heavy atom. The van der Waals surface area contributed by atoms with Gasteiger partial charge < -0.3 is 5.32 Å². The average Bonchev–Trinajstić information content (AvgIpc) is 3.10. The molecule has 1 heterocycles. The van der Waals surface area contributed by atoms with Crippen LogP contribution in [0.1, 0.15) is 29.9 Å². The van der Waals surface area contributed by atoms with Crippen LogP contribution in [0.5, 0.6) is 0 Å². The van der Waals surface area contributed by atoms with Gasteiger partial charge in [0.15, 0.2) is 0 Å². The maximum absolute atomic E-state index is 14.6. The summed E-state index contributed by atoms with van der Waals surface area (Å²) in [4.78, 5) is 0. The Labute approximate surface area is 160 Å². The van der Waals surface area contributed by atoms with Gasteiger partial charge >= 0.3 is 0 Å². The van der Waals surface area contributed by atoms with Gasteiger partial charge in [-0.15, -0.1) is 12.4 Å². The monoisotopic (exact) mass is 399 g/mol. The summed E-state index contributed by atoms with van der Waals surface area (Å²) in [5.41, 5.74) is 1.30. The lowest BCUT2D eigenvalue weighted by atomic mass is 9.77. The topological polar surface area (TPSA) is 66.4 Å². The third-order valence-corrected chi connectivity index (χ3v) is 5.65. The van der Waals surface area contributed by atoms with Gasteiger partial charge in [-0.05, 0) is 36.6 Å². The quantitative estimate of drug-likeness (QED) is 0.728. The number of nitrogens with one attached hydrogen (secondary N) is 1. The number of rotatable bonds is 6. The summed E-state index contributed by atoms with van der Waals surface area (Å²) in [6.07, 6.45) is 1.74. The third-order valence-electron chi connectivity index (χ3n) is 4.85. The van der Waals surface area contributed by atoms with Crippen molar-refractivity contribution in [2.45, 2.75) is 24.8 Å². The highest BCUT2D eigenvalue weighted by Gasteiger charge is 2.37. The van der Waals surface area contributed by atoms with E-state index in [0.717, 1.165) is 24.9 Å². The van der Waals surface area contributed by atoms with Gasteiger partial charge in [0.1, 0.15) is 5.82 Å². The molecule has 0 bridgehead atoms. The maximum Gasteiger partial charge on any atom is 0.265 e. The summed E-state index contributed by atoms with van der Waals surface area (Å²) < 4.78 is 47.5. The second kappa shape index (κ2) is 8.95. The maximum atomic E-state index is 14.6. The van der Waals surface area contributed by atoms with Crippen molar-refractivity contribution in [1.29, 1.82) is 0 Å². The van der Waals surface area contributed by atoms with Gasteiger partial charge in [0.2, 0.25) is 0 Å². The zero-order valence-corrected chi connectivity index (χ0v) is 15.8. The van der Waals surface area contributed by atoms with Crippen molar-refractivity contribution in [2.24, 2.45) is 5.92 Å². The minimum absolute atomic E-state index is 0. The Hall–Kier alpha value is -1.47. The van der Waals surface area contributed by atoms with Crippen LogP contribution in [-0.4, -0.2) is 31.3 Å². The normalized spacial score (nSPS) is 19.5. The molecule has 1 saturated heterocycles. The minimum Gasteiger partial charge on any atom is -0.314 e. The summed E-state index contributed by atoms with van der Waals surface area (Å²) in [6.45, 7) is 0.797.